The highest BCUT2D eigenvalue weighted by molar-refractivity contribution is 6.35. The Morgan fingerprint density at radius 1 is 1.11 bits per heavy atom. The molecule has 4 rings (SSSR count). The van der Waals surface area contributed by atoms with E-state index in [4.69, 9.17) is 28.9 Å². The van der Waals surface area contributed by atoms with Gasteiger partial charge in [0.2, 0.25) is 11.8 Å². The Kier molecular flexibility index (Phi) is 7.73. The summed E-state index contributed by atoms with van der Waals surface area (Å²) < 4.78 is 41.7. The molecule has 194 valence electrons. The van der Waals surface area contributed by atoms with Gasteiger partial charge in [0.05, 0.1) is 5.41 Å². The third kappa shape index (κ3) is 5.90. The first-order valence-electron chi connectivity index (χ1n) is 11.6. The average Bonchev–Trinajstić information content (AvgIpc) is 3.62. The van der Waals surface area contributed by atoms with E-state index in [9.17, 15) is 22.8 Å². The predicted molar refractivity (Wildman–Crippen MR) is 130 cm³/mol. The molecular formula is C25H26Cl2F3N3O3. The van der Waals surface area contributed by atoms with Crippen LogP contribution in [0.25, 0.3) is 0 Å². The number of nitrogens with zero attached hydrogens (tertiary/aromatic N) is 1. The Balaban J connectivity index is 1.66. The summed E-state index contributed by atoms with van der Waals surface area (Å²) in [6, 6.07) is 9.10. The van der Waals surface area contributed by atoms with Gasteiger partial charge in [-0.1, -0.05) is 41.4 Å². The van der Waals surface area contributed by atoms with E-state index >= 15 is 0 Å². The highest BCUT2D eigenvalue weighted by Crippen LogP contribution is 2.51. The van der Waals surface area contributed by atoms with Gasteiger partial charge in [-0.05, 0) is 74.2 Å². The molecule has 11 heteroatoms. The van der Waals surface area contributed by atoms with Gasteiger partial charge >= 0.3 is 6.36 Å². The summed E-state index contributed by atoms with van der Waals surface area (Å²) in [5.41, 5.74) is 6.13. The number of primary amides is 1. The Bertz CT molecular complexity index is 1120. The second-order valence-corrected chi connectivity index (χ2v) is 10.0. The molecule has 2 aromatic carbocycles. The SMILES string of the molecule is NC(=O)[C@H](Cc1ccc(Cl)cc1Cl)N(C(=O)C1(c2ccc(OC(F)(F)F)cc2)CC1)C1CCNCC1. The molecule has 2 aromatic rings. The summed E-state index contributed by atoms with van der Waals surface area (Å²) in [4.78, 5) is 28.5. The Hall–Kier alpha value is -2.49. The van der Waals surface area contributed by atoms with Crippen LogP contribution in [0.1, 0.15) is 36.8 Å². The molecule has 0 spiro atoms. The second kappa shape index (κ2) is 10.5. The van der Waals surface area contributed by atoms with E-state index in [1.165, 1.54) is 24.3 Å². The van der Waals surface area contributed by atoms with Crippen molar-refractivity contribution in [2.75, 3.05) is 13.1 Å². The highest BCUT2D eigenvalue weighted by atomic mass is 35.5. The van der Waals surface area contributed by atoms with E-state index in [2.05, 4.69) is 10.1 Å². The summed E-state index contributed by atoms with van der Waals surface area (Å²) in [6.07, 6.45) is -2.38. The van der Waals surface area contributed by atoms with Crippen LogP contribution in [0.4, 0.5) is 13.2 Å². The van der Waals surface area contributed by atoms with Crippen molar-refractivity contribution in [3.8, 4) is 5.75 Å². The van der Waals surface area contributed by atoms with Gasteiger partial charge in [0, 0.05) is 22.5 Å². The molecule has 1 aliphatic carbocycles. The van der Waals surface area contributed by atoms with Gasteiger partial charge in [-0.15, -0.1) is 13.2 Å². The van der Waals surface area contributed by atoms with Gasteiger partial charge in [0.1, 0.15) is 11.8 Å². The Labute approximate surface area is 216 Å². The van der Waals surface area contributed by atoms with Gasteiger partial charge in [0.15, 0.2) is 0 Å². The molecular weight excluding hydrogens is 518 g/mol. The van der Waals surface area contributed by atoms with E-state index in [1.807, 2.05) is 0 Å². The minimum absolute atomic E-state index is 0.120. The van der Waals surface area contributed by atoms with Gasteiger partial charge in [-0.2, -0.15) is 0 Å². The van der Waals surface area contributed by atoms with E-state index in [1.54, 1.807) is 23.1 Å². The lowest BCUT2D eigenvalue weighted by Crippen LogP contribution is -2.58. The van der Waals surface area contributed by atoms with Gasteiger partial charge in [0.25, 0.3) is 0 Å². The van der Waals surface area contributed by atoms with Crippen molar-refractivity contribution in [2.24, 2.45) is 5.73 Å². The molecule has 3 N–H and O–H groups in total. The number of benzene rings is 2. The maximum Gasteiger partial charge on any atom is 0.573 e. The number of nitrogens with two attached hydrogens (primary N) is 1. The molecule has 0 unspecified atom stereocenters. The quantitative estimate of drug-likeness (QED) is 0.509. The molecule has 36 heavy (non-hydrogen) atoms. The molecule has 0 aromatic heterocycles. The van der Waals surface area contributed by atoms with E-state index in [0.717, 1.165) is 0 Å². The van der Waals surface area contributed by atoms with Crippen molar-refractivity contribution >= 4 is 35.0 Å². The van der Waals surface area contributed by atoms with E-state index in [0.29, 0.717) is 59.9 Å². The summed E-state index contributed by atoms with van der Waals surface area (Å²) in [7, 11) is 0. The third-order valence-electron chi connectivity index (χ3n) is 6.83. The number of hydrogen-bond acceptors (Lipinski definition) is 4. The number of carbonyl (C=O) groups is 2. The Morgan fingerprint density at radius 2 is 1.75 bits per heavy atom. The highest BCUT2D eigenvalue weighted by Gasteiger charge is 2.55. The predicted octanol–water partition coefficient (Wildman–Crippen LogP) is 4.60. The summed E-state index contributed by atoms with van der Waals surface area (Å²) in [5, 5.41) is 4.07. The topological polar surface area (TPSA) is 84.7 Å². The number of halogens is 5. The summed E-state index contributed by atoms with van der Waals surface area (Å²) >= 11 is 12.4. The number of ether oxygens (including phenoxy) is 1. The van der Waals surface area contributed by atoms with Gasteiger partial charge in [-0.25, -0.2) is 0 Å². The minimum atomic E-state index is -4.81. The number of carbonyl (C=O) groups excluding carboxylic acids is 2. The zero-order chi connectivity index (χ0) is 26.1. The van der Waals surface area contributed by atoms with Crippen LogP contribution in [0.15, 0.2) is 42.5 Å². The first-order valence-corrected chi connectivity index (χ1v) is 12.4. The Morgan fingerprint density at radius 3 is 2.28 bits per heavy atom. The largest absolute Gasteiger partial charge is 0.573 e. The normalized spacial score (nSPS) is 18.4. The van der Waals surface area contributed by atoms with Crippen LogP contribution in [0.3, 0.4) is 0 Å². The van der Waals surface area contributed by atoms with Crippen LogP contribution in [0, 0.1) is 0 Å². The molecule has 1 atom stereocenters. The van der Waals surface area contributed by atoms with Crippen molar-refractivity contribution in [3.05, 3.63) is 63.6 Å². The minimum Gasteiger partial charge on any atom is -0.406 e. The van der Waals surface area contributed by atoms with E-state index in [-0.39, 0.29) is 24.1 Å². The number of amides is 2. The maximum absolute atomic E-state index is 14.1. The number of rotatable bonds is 8. The number of piperidine rings is 1. The average molecular weight is 544 g/mol. The van der Waals surface area contributed by atoms with Crippen LogP contribution in [0.2, 0.25) is 10.0 Å². The first-order chi connectivity index (χ1) is 17.0. The molecule has 0 bridgehead atoms. The van der Waals surface area contributed by atoms with Crippen molar-refractivity contribution in [2.45, 2.75) is 56.0 Å². The molecule has 2 aliphatic rings. The zero-order valence-electron chi connectivity index (χ0n) is 19.3. The van der Waals surface area contributed by atoms with Gasteiger partial charge < -0.3 is 20.7 Å². The fourth-order valence-electron chi connectivity index (χ4n) is 4.85. The molecule has 1 aliphatic heterocycles. The molecule has 2 amide bonds. The number of nitrogens with one attached hydrogen (secondary N) is 1. The van der Waals surface area contributed by atoms with Crippen LogP contribution < -0.4 is 15.8 Å². The molecule has 1 saturated heterocycles. The molecule has 1 heterocycles. The molecule has 6 nitrogen and oxygen atoms in total. The summed E-state index contributed by atoms with van der Waals surface area (Å²) in [5.74, 6) is -1.28. The van der Waals surface area contributed by atoms with Crippen molar-refractivity contribution in [1.29, 1.82) is 0 Å². The van der Waals surface area contributed by atoms with Crippen molar-refractivity contribution in [3.63, 3.8) is 0 Å². The van der Waals surface area contributed by atoms with E-state index < -0.39 is 23.7 Å². The fourth-order valence-corrected chi connectivity index (χ4v) is 5.34. The lowest BCUT2D eigenvalue weighted by molar-refractivity contribution is -0.274. The molecule has 1 saturated carbocycles. The second-order valence-electron chi connectivity index (χ2n) is 9.21. The molecule has 2 fully saturated rings. The third-order valence-corrected chi connectivity index (χ3v) is 7.42. The smallest absolute Gasteiger partial charge is 0.406 e. The van der Waals surface area contributed by atoms with Crippen LogP contribution in [-0.4, -0.2) is 48.2 Å². The monoisotopic (exact) mass is 543 g/mol. The maximum atomic E-state index is 14.1. The lowest BCUT2D eigenvalue weighted by atomic mass is 9.90. The van der Waals surface area contributed by atoms with Crippen LogP contribution in [-0.2, 0) is 21.4 Å². The zero-order valence-corrected chi connectivity index (χ0v) is 20.8. The standard InChI is InChI=1S/C25H26Cl2F3N3O3/c26-17-4-1-15(20(27)14-17)13-21(22(31)34)33(18-7-11-32-12-8-18)23(35)24(9-10-24)16-2-5-19(6-3-16)36-25(28,29)30/h1-6,14,18,21,32H,7-13H2,(H2,31,34)/t21-/m0/s1. The number of alkyl halides is 3. The van der Waals surface area contributed by atoms with Crippen molar-refractivity contribution in [1.82, 2.24) is 10.2 Å². The van der Waals surface area contributed by atoms with Crippen molar-refractivity contribution < 1.29 is 27.5 Å². The lowest BCUT2D eigenvalue weighted by Gasteiger charge is -2.41. The first kappa shape index (κ1) is 26.6. The van der Waals surface area contributed by atoms with Crippen LogP contribution in [0.5, 0.6) is 5.75 Å². The van der Waals surface area contributed by atoms with Gasteiger partial charge in [-0.3, -0.25) is 9.59 Å². The number of hydrogen-bond donors (Lipinski definition) is 2. The summed E-state index contributed by atoms with van der Waals surface area (Å²) in [6.45, 7) is 1.36. The molecule has 0 radical (unpaired) electrons. The fraction of sp³-hybridized carbons (Fsp3) is 0.440. The van der Waals surface area contributed by atoms with Crippen LogP contribution >= 0.6 is 23.2 Å².